The summed E-state index contributed by atoms with van der Waals surface area (Å²) < 4.78 is 18.5. The SMILES string of the molecule is O=P([O-])([O-])P(=O)([O-])[O-].[Ni+2].[Ni+2]. The van der Waals surface area contributed by atoms with Gasteiger partial charge in [-0.2, -0.15) is 0 Å². The predicted octanol–water partition coefficient (Wildman–Crippen LogP) is -3.28. The Labute approximate surface area is 76.5 Å². The first kappa shape index (κ1) is 17.4. The molecule has 0 aromatic carbocycles. The van der Waals surface area contributed by atoms with Gasteiger partial charge in [0.05, 0.1) is 0 Å². The third kappa shape index (κ3) is 6.03. The molecule has 0 fully saturated rings. The molecule has 0 aliphatic rings. The maximum Gasteiger partial charge on any atom is 2.00 e. The van der Waals surface area contributed by atoms with Crippen LogP contribution in [0.4, 0.5) is 0 Å². The summed E-state index contributed by atoms with van der Waals surface area (Å²) in [6, 6.07) is 0. The van der Waals surface area contributed by atoms with Crippen LogP contribution in [0.25, 0.3) is 0 Å². The Kier molecular flexibility index (Phi) is 8.74. The van der Waals surface area contributed by atoms with Gasteiger partial charge in [0.2, 0.25) is 0 Å². The Morgan fingerprint density at radius 1 is 0.700 bits per heavy atom. The van der Waals surface area contributed by atoms with E-state index in [1.54, 1.807) is 0 Å². The Balaban J connectivity index is -0.000000245. The molecule has 0 aromatic rings. The fourth-order valence-electron chi connectivity index (χ4n) is 0. The average Bonchev–Trinajstić information content (AvgIpc) is 1.25. The second kappa shape index (κ2) is 5.03. The van der Waals surface area contributed by atoms with E-state index >= 15 is 0 Å². The molecule has 0 amide bonds. The zero-order valence-corrected chi connectivity index (χ0v) is 7.74. The van der Waals surface area contributed by atoms with E-state index in [0.29, 0.717) is 0 Å². The van der Waals surface area contributed by atoms with Gasteiger partial charge >= 0.3 is 33.0 Å². The largest absolute Gasteiger partial charge is 2.00 e. The Bertz CT molecular complexity index is 143. The first-order valence-corrected chi connectivity index (χ1v) is 5.09. The van der Waals surface area contributed by atoms with Crippen LogP contribution in [0.1, 0.15) is 0 Å². The van der Waals surface area contributed by atoms with Crippen molar-refractivity contribution < 1.29 is 61.7 Å². The van der Waals surface area contributed by atoms with Crippen molar-refractivity contribution in [3.63, 3.8) is 0 Å². The third-order valence-electron chi connectivity index (χ3n) is 0.300. The fraction of sp³-hybridized carbons (Fsp3) is 0. The molecule has 0 radical (unpaired) electrons. The van der Waals surface area contributed by atoms with Crippen LogP contribution in [0.3, 0.4) is 0 Å². The molecule has 0 saturated carbocycles. The predicted molar refractivity (Wildman–Crippen MR) is 15.2 cm³/mol. The van der Waals surface area contributed by atoms with Gasteiger partial charge in [0.1, 0.15) is 0 Å². The van der Waals surface area contributed by atoms with Crippen LogP contribution in [0, 0.1) is 0 Å². The van der Waals surface area contributed by atoms with E-state index in [1.807, 2.05) is 0 Å². The van der Waals surface area contributed by atoms with E-state index < -0.39 is 14.6 Å². The van der Waals surface area contributed by atoms with E-state index in [-0.39, 0.29) is 33.0 Å². The van der Waals surface area contributed by atoms with Gasteiger partial charge in [-0.1, -0.05) is 0 Å². The molecule has 66 valence electrons. The van der Waals surface area contributed by atoms with Crippen molar-refractivity contribution in [3.8, 4) is 0 Å². The Morgan fingerprint density at radius 2 is 0.800 bits per heavy atom. The van der Waals surface area contributed by atoms with E-state index in [4.69, 9.17) is 0 Å². The average molecular weight is 275 g/mol. The van der Waals surface area contributed by atoms with Crippen LogP contribution in [0.15, 0.2) is 0 Å². The molecule has 0 aliphatic carbocycles. The van der Waals surface area contributed by atoms with Crippen molar-refractivity contribution in [1.29, 1.82) is 0 Å². The van der Waals surface area contributed by atoms with Crippen molar-refractivity contribution in [3.05, 3.63) is 0 Å². The molecule has 0 aromatic heterocycles. The first-order valence-electron chi connectivity index (χ1n) is 1.30. The van der Waals surface area contributed by atoms with Crippen molar-refractivity contribution in [2.24, 2.45) is 0 Å². The zero-order chi connectivity index (χ0) is 7.00. The zero-order valence-electron chi connectivity index (χ0n) is 3.98. The van der Waals surface area contributed by atoms with Crippen LogP contribution >= 0.6 is 14.6 Å². The van der Waals surface area contributed by atoms with Crippen LogP contribution in [-0.2, 0) is 42.1 Å². The van der Waals surface area contributed by atoms with Gasteiger partial charge in [-0.15, -0.1) is 0 Å². The summed E-state index contributed by atoms with van der Waals surface area (Å²) in [6.45, 7) is 0. The number of hydrogen-bond donors (Lipinski definition) is 0. The van der Waals surface area contributed by atoms with Gasteiger partial charge in [0.15, 0.2) is 0 Å². The normalized spacial score (nSPS) is 11.2. The van der Waals surface area contributed by atoms with Gasteiger partial charge in [-0.05, 0) is 14.6 Å². The van der Waals surface area contributed by atoms with Gasteiger partial charge in [0.25, 0.3) is 0 Å². The monoisotopic (exact) mass is 274 g/mol. The van der Waals surface area contributed by atoms with E-state index in [9.17, 15) is 28.7 Å². The molecule has 0 aliphatic heterocycles. The summed E-state index contributed by atoms with van der Waals surface area (Å²) in [5.74, 6) is 0. The summed E-state index contributed by atoms with van der Waals surface area (Å²) in [7, 11) is -11.8. The fourth-order valence-corrected chi connectivity index (χ4v) is 0. The Morgan fingerprint density at radius 3 is 0.800 bits per heavy atom. The van der Waals surface area contributed by atoms with Crippen molar-refractivity contribution in [2.75, 3.05) is 0 Å². The molecular formula is Ni2O6P2. The third-order valence-corrected chi connectivity index (χ3v) is 2.70. The number of rotatable bonds is 1. The molecule has 0 heterocycles. The second-order valence-corrected chi connectivity index (χ2v) is 5.75. The minimum atomic E-state index is -5.91. The molecule has 0 rings (SSSR count). The quantitative estimate of drug-likeness (QED) is 0.365. The molecule has 6 nitrogen and oxygen atoms in total. The maximum absolute atomic E-state index is 9.24. The van der Waals surface area contributed by atoms with E-state index in [0.717, 1.165) is 0 Å². The van der Waals surface area contributed by atoms with Crippen molar-refractivity contribution in [1.82, 2.24) is 0 Å². The summed E-state index contributed by atoms with van der Waals surface area (Å²) in [5, 5.41) is 0. The van der Waals surface area contributed by atoms with Crippen LogP contribution in [0.5, 0.6) is 0 Å². The Hall–Kier alpha value is 1.29. The minimum absolute atomic E-state index is 0. The summed E-state index contributed by atoms with van der Waals surface area (Å²) in [5.41, 5.74) is 0. The van der Waals surface area contributed by atoms with Gasteiger partial charge in [0, 0.05) is 0 Å². The van der Waals surface area contributed by atoms with Gasteiger partial charge in [-0.3, -0.25) is 0 Å². The van der Waals surface area contributed by atoms with Gasteiger partial charge in [-0.25, -0.2) is 0 Å². The number of hydrogen-bond acceptors (Lipinski definition) is 6. The molecule has 10 heavy (non-hydrogen) atoms. The molecular weight excluding hydrogens is 275 g/mol. The first-order chi connectivity index (χ1) is 3.25. The van der Waals surface area contributed by atoms with Crippen LogP contribution in [0.2, 0.25) is 0 Å². The maximum atomic E-state index is 9.24. The smallest absolute Gasteiger partial charge is 0.807 e. The van der Waals surface area contributed by atoms with Crippen LogP contribution < -0.4 is 19.6 Å². The van der Waals surface area contributed by atoms with E-state index in [2.05, 4.69) is 0 Å². The molecule has 0 N–H and O–H groups in total. The molecule has 0 bridgehead atoms. The second-order valence-electron chi connectivity index (χ2n) is 0.937. The van der Waals surface area contributed by atoms with Gasteiger partial charge < -0.3 is 28.7 Å². The summed E-state index contributed by atoms with van der Waals surface area (Å²) >= 11 is 0. The van der Waals surface area contributed by atoms with E-state index in [1.165, 1.54) is 0 Å². The standard InChI is InChI=1S/2Ni.H4O6P2/c;;1-7(2,3)8(4,5)6/h;;(H2,1,2,3)(H2,4,5,6)/q2*+2;/p-4. The molecule has 0 atom stereocenters. The molecule has 10 heteroatoms. The molecule has 0 spiro atoms. The van der Waals surface area contributed by atoms with Crippen molar-refractivity contribution in [2.45, 2.75) is 0 Å². The van der Waals surface area contributed by atoms with Crippen LogP contribution in [-0.4, -0.2) is 0 Å². The topological polar surface area (TPSA) is 126 Å². The summed E-state index contributed by atoms with van der Waals surface area (Å²) in [4.78, 5) is 36.9. The molecule has 0 unspecified atom stereocenters. The summed E-state index contributed by atoms with van der Waals surface area (Å²) in [6.07, 6.45) is 0. The van der Waals surface area contributed by atoms with Crippen molar-refractivity contribution >= 4 is 14.6 Å². The molecule has 0 saturated heterocycles. The minimum Gasteiger partial charge on any atom is -0.807 e.